The van der Waals surface area contributed by atoms with Gasteiger partial charge in [-0.25, -0.2) is 22.4 Å². The van der Waals surface area contributed by atoms with Gasteiger partial charge in [0.1, 0.15) is 23.3 Å². The summed E-state index contributed by atoms with van der Waals surface area (Å²) in [5, 5.41) is 3.97. The van der Waals surface area contributed by atoms with Gasteiger partial charge in [-0.3, -0.25) is 4.79 Å². The van der Waals surface area contributed by atoms with Crippen LogP contribution in [0.3, 0.4) is 0 Å². The normalized spacial score (nSPS) is 20.1. The zero-order chi connectivity index (χ0) is 26.5. The van der Waals surface area contributed by atoms with Gasteiger partial charge < -0.3 is 9.64 Å². The number of nitrogens with zero attached hydrogens (tertiary/aromatic N) is 4. The minimum absolute atomic E-state index is 0.0106. The minimum Gasteiger partial charge on any atom is -0.490 e. The van der Waals surface area contributed by atoms with Crippen molar-refractivity contribution in [2.45, 2.75) is 44.5 Å². The predicted octanol–water partition coefficient (Wildman–Crippen LogP) is 3.37. The molecule has 1 aromatic carbocycles. The Bertz CT molecular complexity index is 1460. The van der Waals surface area contributed by atoms with Crippen LogP contribution in [-0.4, -0.2) is 60.7 Å². The highest BCUT2D eigenvalue weighted by molar-refractivity contribution is 7.87. The second-order valence-corrected chi connectivity index (χ2v) is 11.0. The first-order valence-corrected chi connectivity index (χ1v) is 13.3. The third kappa shape index (κ3) is 4.85. The lowest BCUT2D eigenvalue weighted by Crippen LogP contribution is -2.41. The van der Waals surface area contributed by atoms with E-state index < -0.39 is 40.0 Å². The third-order valence-corrected chi connectivity index (χ3v) is 8.15. The molecular weight excluding hydrogens is 511 g/mol. The van der Waals surface area contributed by atoms with Gasteiger partial charge in [0.2, 0.25) is 0 Å². The smallest absolute Gasteiger partial charge is 0.303 e. The van der Waals surface area contributed by atoms with E-state index >= 15 is 4.39 Å². The number of hydrogen-bond donors (Lipinski definition) is 1. The number of carbonyl (C=O) groups excluding carboxylic acids is 1. The largest absolute Gasteiger partial charge is 0.490 e. The van der Waals surface area contributed by atoms with Crippen LogP contribution in [0.4, 0.5) is 18.9 Å². The zero-order valence-corrected chi connectivity index (χ0v) is 21.0. The fourth-order valence-corrected chi connectivity index (χ4v) is 5.28. The van der Waals surface area contributed by atoms with Crippen molar-refractivity contribution < 1.29 is 31.1 Å². The number of halogens is 3. The first-order valence-electron chi connectivity index (χ1n) is 11.9. The lowest BCUT2D eigenvalue weighted by atomic mass is 10.0. The molecule has 1 amide bonds. The molecule has 2 fully saturated rings. The topological polar surface area (TPSA) is 96.2 Å². The van der Waals surface area contributed by atoms with E-state index in [4.69, 9.17) is 4.74 Å². The number of anilines is 1. The molecule has 2 aliphatic rings. The second-order valence-electron chi connectivity index (χ2n) is 9.22. The molecule has 2 aromatic heterocycles. The van der Waals surface area contributed by atoms with Gasteiger partial charge >= 0.3 is 10.2 Å². The molecule has 0 bridgehead atoms. The molecule has 5 rings (SSSR count). The average molecular weight is 538 g/mol. The maximum atomic E-state index is 16.0. The van der Waals surface area contributed by atoms with E-state index in [9.17, 15) is 22.0 Å². The van der Waals surface area contributed by atoms with Crippen molar-refractivity contribution in [2.24, 2.45) is 0 Å². The van der Waals surface area contributed by atoms with Crippen LogP contribution < -0.4 is 14.4 Å². The molecule has 0 radical (unpaired) electrons. The van der Waals surface area contributed by atoms with Crippen LogP contribution in [0.5, 0.6) is 5.75 Å². The van der Waals surface area contributed by atoms with Gasteiger partial charge in [0.05, 0.1) is 29.6 Å². The number of aromatic nitrogens is 2. The van der Waals surface area contributed by atoms with Crippen molar-refractivity contribution in [2.75, 3.05) is 25.0 Å². The van der Waals surface area contributed by atoms with Crippen LogP contribution in [0.25, 0.3) is 5.52 Å². The maximum absolute atomic E-state index is 16.0. The SMILES string of the molecule is CCN(C)S(=O)(=O)NC(=O)c1cnn2ccc(N3C[C@@H](F)C[C@@H]3c3cc(F)ccc3OC3CC3)c(F)c12. The van der Waals surface area contributed by atoms with Gasteiger partial charge in [0.25, 0.3) is 5.91 Å². The molecule has 1 saturated heterocycles. The van der Waals surface area contributed by atoms with E-state index in [1.54, 1.807) is 6.92 Å². The van der Waals surface area contributed by atoms with E-state index in [-0.39, 0.29) is 42.4 Å². The number of carbonyl (C=O) groups is 1. The minimum atomic E-state index is -4.14. The Morgan fingerprint density at radius 1 is 1.27 bits per heavy atom. The highest BCUT2D eigenvalue weighted by Gasteiger charge is 2.38. The molecule has 1 aliphatic carbocycles. The van der Waals surface area contributed by atoms with Crippen LogP contribution in [0.1, 0.15) is 48.1 Å². The highest BCUT2D eigenvalue weighted by atomic mass is 32.2. The van der Waals surface area contributed by atoms with Gasteiger partial charge in [0, 0.05) is 38.3 Å². The van der Waals surface area contributed by atoms with Gasteiger partial charge in [-0.1, -0.05) is 6.92 Å². The first-order chi connectivity index (χ1) is 17.6. The average Bonchev–Trinajstić information content (AvgIpc) is 3.42. The van der Waals surface area contributed by atoms with Crippen LogP contribution in [0.15, 0.2) is 36.7 Å². The monoisotopic (exact) mass is 537 g/mol. The van der Waals surface area contributed by atoms with E-state index in [1.165, 1.54) is 42.4 Å². The van der Waals surface area contributed by atoms with Crippen molar-refractivity contribution in [1.29, 1.82) is 0 Å². The van der Waals surface area contributed by atoms with Gasteiger partial charge in [0.15, 0.2) is 5.82 Å². The van der Waals surface area contributed by atoms with Gasteiger partial charge in [-0.05, 0) is 37.1 Å². The zero-order valence-electron chi connectivity index (χ0n) is 20.2. The Labute approximate surface area is 212 Å². The summed E-state index contributed by atoms with van der Waals surface area (Å²) in [6.45, 7) is 1.54. The van der Waals surface area contributed by atoms with Crippen molar-refractivity contribution >= 4 is 27.3 Å². The van der Waals surface area contributed by atoms with E-state index in [0.717, 1.165) is 27.9 Å². The number of pyridine rings is 1. The summed E-state index contributed by atoms with van der Waals surface area (Å²) < 4.78 is 79.4. The molecule has 9 nitrogen and oxygen atoms in total. The molecule has 3 heterocycles. The summed E-state index contributed by atoms with van der Waals surface area (Å²) >= 11 is 0. The van der Waals surface area contributed by atoms with Crippen molar-refractivity contribution in [3.05, 3.63) is 59.4 Å². The van der Waals surface area contributed by atoms with Crippen LogP contribution in [-0.2, 0) is 10.2 Å². The molecule has 3 aromatic rings. The molecule has 198 valence electrons. The molecule has 0 spiro atoms. The molecule has 0 unspecified atom stereocenters. The summed E-state index contributed by atoms with van der Waals surface area (Å²) in [6.07, 6.45) is 2.89. The maximum Gasteiger partial charge on any atom is 0.303 e. The Morgan fingerprint density at radius 3 is 2.73 bits per heavy atom. The number of alkyl halides is 1. The van der Waals surface area contributed by atoms with Crippen molar-refractivity contribution in [1.82, 2.24) is 18.6 Å². The van der Waals surface area contributed by atoms with Gasteiger partial charge in [-0.2, -0.15) is 17.8 Å². The molecule has 1 aliphatic heterocycles. The Hall–Kier alpha value is -3.32. The van der Waals surface area contributed by atoms with E-state index in [2.05, 4.69) is 5.10 Å². The molecule has 1 N–H and O–H groups in total. The number of hydrogen-bond acceptors (Lipinski definition) is 6. The molecule has 37 heavy (non-hydrogen) atoms. The van der Waals surface area contributed by atoms with Crippen molar-refractivity contribution in [3.63, 3.8) is 0 Å². The predicted molar refractivity (Wildman–Crippen MR) is 129 cm³/mol. The first kappa shape index (κ1) is 25.3. The number of ether oxygens (including phenoxy) is 1. The summed E-state index contributed by atoms with van der Waals surface area (Å²) in [4.78, 5) is 14.3. The number of rotatable bonds is 8. The number of amides is 1. The quantitative estimate of drug-likeness (QED) is 0.474. The van der Waals surface area contributed by atoms with Gasteiger partial charge in [-0.15, -0.1) is 0 Å². The summed E-state index contributed by atoms with van der Waals surface area (Å²) in [5.74, 6) is -2.04. The highest BCUT2D eigenvalue weighted by Crippen LogP contribution is 2.43. The lowest BCUT2D eigenvalue weighted by Gasteiger charge is -2.28. The second kappa shape index (κ2) is 9.53. The standard InChI is InChI=1S/C24H26F3N5O4S/c1-3-30(2)37(34,35)29-24(33)18-12-28-32-9-8-19(22(27)23(18)32)31-13-15(26)11-20(31)17-10-14(25)4-7-21(17)36-16-5-6-16/h4,7-10,12,15-16,20H,3,5-6,11,13H2,1-2H3,(H,29,33)/t15-,20+/m0/s1. The Morgan fingerprint density at radius 2 is 2.03 bits per heavy atom. The van der Waals surface area contributed by atoms with E-state index in [1.807, 2.05) is 4.72 Å². The molecule has 1 saturated carbocycles. The number of benzene rings is 1. The number of nitrogens with one attached hydrogen (secondary N) is 1. The van der Waals surface area contributed by atoms with Crippen molar-refractivity contribution in [3.8, 4) is 5.75 Å². The summed E-state index contributed by atoms with van der Waals surface area (Å²) in [5.41, 5.74) is -0.184. The molecule has 13 heteroatoms. The Kier molecular flexibility index (Phi) is 6.52. The van der Waals surface area contributed by atoms with Crippen LogP contribution in [0, 0.1) is 11.6 Å². The van der Waals surface area contributed by atoms with Crippen LogP contribution in [0.2, 0.25) is 0 Å². The van der Waals surface area contributed by atoms with E-state index in [0.29, 0.717) is 11.3 Å². The fourth-order valence-electron chi connectivity index (χ4n) is 4.44. The molecular formula is C24H26F3N5O4S. The number of fused-ring (bicyclic) bond motifs is 1. The Balaban J connectivity index is 1.54. The summed E-state index contributed by atoms with van der Waals surface area (Å²) in [6, 6.07) is 4.71. The molecule has 2 atom stereocenters. The fraction of sp³-hybridized carbons (Fsp3) is 0.417. The summed E-state index contributed by atoms with van der Waals surface area (Å²) in [7, 11) is -2.85. The lowest BCUT2D eigenvalue weighted by molar-refractivity contribution is 0.0980. The van der Waals surface area contributed by atoms with Crippen LogP contribution >= 0.6 is 0 Å². The third-order valence-electron chi connectivity index (χ3n) is 6.63.